The Morgan fingerprint density at radius 1 is 1.11 bits per heavy atom. The summed E-state index contributed by atoms with van der Waals surface area (Å²) in [6, 6.07) is 8.48. The maximum absolute atomic E-state index is 12.4. The normalized spacial score (nSPS) is 10.7. The summed E-state index contributed by atoms with van der Waals surface area (Å²) >= 11 is 12.4. The molecule has 1 amide bonds. The summed E-state index contributed by atoms with van der Waals surface area (Å²) in [5.41, 5.74) is 0.660. The molecule has 4 nitrogen and oxygen atoms in total. The lowest BCUT2D eigenvalue weighted by Crippen LogP contribution is -2.12. The van der Waals surface area contributed by atoms with Crippen LogP contribution in [0.15, 0.2) is 36.4 Å². The van der Waals surface area contributed by atoms with Crippen LogP contribution in [0.25, 0.3) is 0 Å². The number of anilines is 1. The molecule has 0 saturated carbocycles. The van der Waals surface area contributed by atoms with Gasteiger partial charge in [-0.15, -0.1) is 0 Å². The average molecular weight is 418 g/mol. The lowest BCUT2D eigenvalue weighted by Gasteiger charge is -2.12. The van der Waals surface area contributed by atoms with Gasteiger partial charge in [-0.2, -0.15) is 8.78 Å². The Kier molecular flexibility index (Phi) is 8.13. The zero-order chi connectivity index (χ0) is 19.8. The lowest BCUT2D eigenvalue weighted by molar-refractivity contribution is -0.0498. The van der Waals surface area contributed by atoms with Crippen molar-refractivity contribution >= 4 is 34.8 Å². The minimum atomic E-state index is -2.91. The van der Waals surface area contributed by atoms with E-state index < -0.39 is 12.5 Å². The summed E-state index contributed by atoms with van der Waals surface area (Å²) in [7, 11) is 0. The molecular formula is C19H19Cl2F2NO3. The molecule has 1 N–H and O–H groups in total. The van der Waals surface area contributed by atoms with Crippen LogP contribution in [0.4, 0.5) is 14.5 Å². The van der Waals surface area contributed by atoms with E-state index in [4.69, 9.17) is 27.9 Å². The van der Waals surface area contributed by atoms with Crippen LogP contribution >= 0.6 is 23.2 Å². The molecule has 2 aromatic carbocycles. The maximum Gasteiger partial charge on any atom is 0.387 e. The zero-order valence-electron chi connectivity index (χ0n) is 14.6. The molecule has 0 atom stereocenters. The van der Waals surface area contributed by atoms with E-state index in [0.717, 1.165) is 19.3 Å². The van der Waals surface area contributed by atoms with Gasteiger partial charge in [-0.3, -0.25) is 4.79 Å². The van der Waals surface area contributed by atoms with Gasteiger partial charge in [0.25, 0.3) is 5.91 Å². The first-order valence-electron chi connectivity index (χ1n) is 8.38. The van der Waals surface area contributed by atoms with Crippen molar-refractivity contribution in [3.8, 4) is 11.5 Å². The molecule has 0 aliphatic heterocycles. The summed E-state index contributed by atoms with van der Waals surface area (Å²) in [6.07, 6.45) is 2.99. The Hall–Kier alpha value is -2.05. The molecule has 0 aliphatic rings. The lowest BCUT2D eigenvalue weighted by atomic mass is 10.2. The molecule has 0 radical (unpaired) electrons. The van der Waals surface area contributed by atoms with Crippen molar-refractivity contribution in [2.75, 3.05) is 11.9 Å². The summed E-state index contributed by atoms with van der Waals surface area (Å²) in [5, 5.41) is 3.11. The second-order valence-electron chi connectivity index (χ2n) is 5.68. The molecule has 0 fully saturated rings. The fourth-order valence-electron chi connectivity index (χ4n) is 2.28. The Labute approximate surface area is 166 Å². The molecule has 0 heterocycles. The summed E-state index contributed by atoms with van der Waals surface area (Å²) in [6.45, 7) is -0.323. The highest BCUT2D eigenvalue weighted by Gasteiger charge is 2.15. The number of rotatable bonds is 9. The molecule has 0 spiro atoms. The Bertz CT molecular complexity index is 747. The highest BCUT2D eigenvalue weighted by Crippen LogP contribution is 2.34. The molecule has 0 saturated heterocycles. The molecule has 0 aliphatic carbocycles. The smallest absolute Gasteiger partial charge is 0.387 e. The number of alkyl halides is 2. The van der Waals surface area contributed by atoms with Crippen molar-refractivity contribution in [2.45, 2.75) is 32.8 Å². The number of carbonyl (C=O) groups is 1. The van der Waals surface area contributed by atoms with Crippen molar-refractivity contribution in [1.82, 2.24) is 0 Å². The Morgan fingerprint density at radius 2 is 1.74 bits per heavy atom. The van der Waals surface area contributed by atoms with E-state index in [2.05, 4.69) is 17.0 Å². The van der Waals surface area contributed by atoms with Gasteiger partial charge in [-0.05, 0) is 42.8 Å². The first-order chi connectivity index (χ1) is 12.9. The Balaban J connectivity index is 2.03. The van der Waals surface area contributed by atoms with E-state index in [0.29, 0.717) is 18.0 Å². The number of benzene rings is 2. The van der Waals surface area contributed by atoms with Crippen molar-refractivity contribution in [1.29, 1.82) is 0 Å². The quantitative estimate of drug-likeness (QED) is 0.479. The fraction of sp³-hybridized carbons (Fsp3) is 0.316. The number of ether oxygens (including phenoxy) is 2. The van der Waals surface area contributed by atoms with Crippen molar-refractivity contribution in [3.63, 3.8) is 0 Å². The summed E-state index contributed by atoms with van der Waals surface area (Å²) in [4.78, 5) is 12.4. The molecule has 146 valence electrons. The number of carbonyl (C=O) groups excluding carboxylic acids is 1. The first-order valence-corrected chi connectivity index (χ1v) is 9.14. The van der Waals surface area contributed by atoms with Gasteiger partial charge in [0, 0.05) is 11.3 Å². The van der Waals surface area contributed by atoms with Crippen LogP contribution in [0.1, 0.15) is 36.5 Å². The fourth-order valence-corrected chi connectivity index (χ4v) is 2.87. The van der Waals surface area contributed by atoms with Crippen molar-refractivity contribution in [3.05, 3.63) is 52.0 Å². The van der Waals surface area contributed by atoms with Crippen LogP contribution in [-0.4, -0.2) is 19.1 Å². The molecule has 0 bridgehead atoms. The molecule has 8 heteroatoms. The van der Waals surface area contributed by atoms with E-state index in [1.807, 2.05) is 0 Å². The third-order valence-corrected chi connectivity index (χ3v) is 4.15. The van der Waals surface area contributed by atoms with Gasteiger partial charge >= 0.3 is 6.61 Å². The van der Waals surface area contributed by atoms with Crippen LogP contribution in [-0.2, 0) is 0 Å². The molecule has 2 rings (SSSR count). The molecule has 0 aromatic heterocycles. The summed E-state index contributed by atoms with van der Waals surface area (Å²) < 4.78 is 34.2. The van der Waals surface area contributed by atoms with Crippen LogP contribution in [0.3, 0.4) is 0 Å². The number of hydrogen-bond donors (Lipinski definition) is 1. The van der Waals surface area contributed by atoms with E-state index in [-0.39, 0.29) is 21.4 Å². The van der Waals surface area contributed by atoms with E-state index >= 15 is 0 Å². The second kappa shape index (κ2) is 10.3. The Morgan fingerprint density at radius 3 is 2.30 bits per heavy atom. The van der Waals surface area contributed by atoms with E-state index in [9.17, 15) is 13.6 Å². The monoisotopic (exact) mass is 417 g/mol. The van der Waals surface area contributed by atoms with Crippen LogP contribution in [0.5, 0.6) is 11.5 Å². The predicted octanol–water partition coefficient (Wildman–Crippen LogP) is 6.42. The highest BCUT2D eigenvalue weighted by molar-refractivity contribution is 6.37. The van der Waals surface area contributed by atoms with Crippen molar-refractivity contribution in [2.24, 2.45) is 0 Å². The van der Waals surface area contributed by atoms with Gasteiger partial charge in [-0.1, -0.05) is 43.0 Å². The molecular weight excluding hydrogens is 399 g/mol. The van der Waals surface area contributed by atoms with Gasteiger partial charge in [0.15, 0.2) is 5.75 Å². The second-order valence-corrected chi connectivity index (χ2v) is 6.50. The van der Waals surface area contributed by atoms with Gasteiger partial charge in [0.05, 0.1) is 16.7 Å². The SMILES string of the molecule is CCCCCOc1c(Cl)cc(C(=O)Nc2ccc(OC(F)F)cc2)cc1Cl. The van der Waals surface area contributed by atoms with Gasteiger partial charge in [0.1, 0.15) is 5.75 Å². The number of hydrogen-bond acceptors (Lipinski definition) is 3. The van der Waals surface area contributed by atoms with Crippen LogP contribution in [0.2, 0.25) is 10.0 Å². The minimum absolute atomic E-state index is 0.00124. The van der Waals surface area contributed by atoms with Crippen LogP contribution in [0, 0.1) is 0 Å². The maximum atomic E-state index is 12.4. The van der Waals surface area contributed by atoms with Gasteiger partial charge in [0.2, 0.25) is 0 Å². The predicted molar refractivity (Wildman–Crippen MR) is 103 cm³/mol. The van der Waals surface area contributed by atoms with Crippen LogP contribution < -0.4 is 14.8 Å². The molecule has 0 unspecified atom stereocenters. The number of amides is 1. The third kappa shape index (κ3) is 6.56. The average Bonchev–Trinajstić information content (AvgIpc) is 2.61. The minimum Gasteiger partial charge on any atom is -0.490 e. The van der Waals surface area contributed by atoms with E-state index in [1.54, 1.807) is 0 Å². The molecule has 2 aromatic rings. The standard InChI is InChI=1S/C19H19Cl2F2NO3/c1-2-3-4-9-26-17-15(20)10-12(11-16(17)21)18(25)24-13-5-7-14(8-6-13)27-19(22)23/h5-8,10-11,19H,2-4,9H2,1H3,(H,24,25). The van der Waals surface area contributed by atoms with Gasteiger partial charge < -0.3 is 14.8 Å². The largest absolute Gasteiger partial charge is 0.490 e. The number of halogens is 4. The van der Waals surface area contributed by atoms with Gasteiger partial charge in [-0.25, -0.2) is 0 Å². The van der Waals surface area contributed by atoms with Crippen molar-refractivity contribution < 1.29 is 23.0 Å². The summed E-state index contributed by atoms with van der Waals surface area (Å²) in [5.74, 6) is -0.1000. The highest BCUT2D eigenvalue weighted by atomic mass is 35.5. The zero-order valence-corrected chi connectivity index (χ0v) is 16.1. The molecule has 27 heavy (non-hydrogen) atoms. The first kappa shape index (κ1) is 21.3. The number of nitrogens with one attached hydrogen (secondary N) is 1. The van der Waals surface area contributed by atoms with E-state index in [1.165, 1.54) is 36.4 Å². The third-order valence-electron chi connectivity index (χ3n) is 3.59. The topological polar surface area (TPSA) is 47.6 Å². The number of unbranched alkanes of at least 4 members (excludes halogenated alkanes) is 2.